The van der Waals surface area contributed by atoms with Gasteiger partial charge in [-0.1, -0.05) is 6.08 Å². The molecule has 1 unspecified atom stereocenters. The second-order valence-corrected chi connectivity index (χ2v) is 7.98. The first-order valence-electron chi connectivity index (χ1n) is 11.2. The molecule has 0 saturated carbocycles. The minimum atomic E-state index is -0.0353. The Morgan fingerprint density at radius 2 is 1.17 bits per heavy atom. The zero-order chi connectivity index (χ0) is 24.8. The van der Waals surface area contributed by atoms with Crippen molar-refractivity contribution in [2.45, 2.75) is 12.5 Å². The summed E-state index contributed by atoms with van der Waals surface area (Å²) in [5, 5.41) is 6.99. The number of hydrogen-bond donors (Lipinski definition) is 0. The van der Waals surface area contributed by atoms with Gasteiger partial charge < -0.3 is 23.7 Å². The van der Waals surface area contributed by atoms with Gasteiger partial charge in [0, 0.05) is 18.6 Å². The average Bonchev–Trinajstić information content (AvgIpc) is 3.35. The van der Waals surface area contributed by atoms with E-state index in [1.807, 2.05) is 77.8 Å². The van der Waals surface area contributed by atoms with E-state index in [0.29, 0.717) is 6.42 Å². The van der Waals surface area contributed by atoms with E-state index in [9.17, 15) is 0 Å². The third-order valence-corrected chi connectivity index (χ3v) is 5.87. The summed E-state index contributed by atoms with van der Waals surface area (Å²) in [7, 11) is 8.25. The first-order chi connectivity index (χ1) is 17.1. The van der Waals surface area contributed by atoms with Crippen LogP contribution < -0.4 is 28.7 Å². The number of ether oxygens (including phenoxy) is 5. The van der Waals surface area contributed by atoms with Crippen molar-refractivity contribution in [1.29, 1.82) is 0 Å². The molecule has 3 aromatic carbocycles. The molecule has 7 nitrogen and oxygen atoms in total. The molecule has 0 spiro atoms. The maximum absolute atomic E-state index is 5.51. The Hall–Kier alpha value is -4.13. The average molecular weight is 475 g/mol. The number of benzene rings is 3. The van der Waals surface area contributed by atoms with Gasteiger partial charge >= 0.3 is 0 Å². The highest BCUT2D eigenvalue weighted by Crippen LogP contribution is 2.39. The smallest absolute Gasteiger partial charge is 0.123 e. The van der Waals surface area contributed by atoms with Crippen LogP contribution >= 0.6 is 0 Å². The summed E-state index contributed by atoms with van der Waals surface area (Å²) in [6.45, 7) is 0. The van der Waals surface area contributed by atoms with E-state index in [0.717, 1.165) is 51.3 Å². The van der Waals surface area contributed by atoms with Gasteiger partial charge in [0.1, 0.15) is 28.7 Å². The predicted molar refractivity (Wildman–Crippen MR) is 138 cm³/mol. The van der Waals surface area contributed by atoms with E-state index in [1.165, 1.54) is 0 Å². The number of rotatable bonds is 9. The molecule has 0 saturated heterocycles. The number of nitrogens with zero attached hydrogens (tertiary/aromatic N) is 2. The standard InChI is InChI=1S/C28H30N2O5/c1-31-23-10-8-22(9-11-23)30-28(20-14-26(34-4)18-27(15-20)35-5)16-21(29-30)7-6-19-12-24(32-2)17-25(13-19)33-3/h6-15,17-18,28H,16H2,1-5H3. The van der Waals surface area contributed by atoms with Crippen LogP contribution in [-0.2, 0) is 0 Å². The van der Waals surface area contributed by atoms with Crippen LogP contribution in [0, 0.1) is 0 Å². The van der Waals surface area contributed by atoms with Crippen molar-refractivity contribution in [1.82, 2.24) is 0 Å². The molecule has 4 rings (SSSR count). The molecular weight excluding hydrogens is 444 g/mol. The second-order valence-electron chi connectivity index (χ2n) is 7.98. The van der Waals surface area contributed by atoms with Crippen molar-refractivity contribution in [2.24, 2.45) is 5.10 Å². The predicted octanol–water partition coefficient (Wildman–Crippen LogP) is 5.75. The van der Waals surface area contributed by atoms with Crippen LogP contribution in [0.25, 0.3) is 6.08 Å². The normalized spacial score (nSPS) is 15.2. The van der Waals surface area contributed by atoms with Crippen molar-refractivity contribution in [2.75, 3.05) is 40.6 Å². The summed E-state index contributed by atoms with van der Waals surface area (Å²) in [4.78, 5) is 0. The maximum Gasteiger partial charge on any atom is 0.123 e. The highest BCUT2D eigenvalue weighted by atomic mass is 16.5. The molecule has 0 radical (unpaired) electrons. The molecule has 1 aliphatic heterocycles. The van der Waals surface area contributed by atoms with E-state index >= 15 is 0 Å². The number of hydrazone groups is 1. The quantitative estimate of drug-likeness (QED) is 0.394. The molecule has 0 amide bonds. The van der Waals surface area contributed by atoms with E-state index < -0.39 is 0 Å². The summed E-state index contributed by atoms with van der Waals surface area (Å²) in [6.07, 6.45) is 4.76. The second kappa shape index (κ2) is 10.9. The Bertz CT molecular complexity index is 1180. The molecule has 0 fully saturated rings. The Morgan fingerprint density at radius 1 is 0.657 bits per heavy atom. The molecule has 35 heavy (non-hydrogen) atoms. The van der Waals surface area contributed by atoms with Crippen LogP contribution in [0.4, 0.5) is 5.69 Å². The van der Waals surface area contributed by atoms with Crippen molar-refractivity contribution in [3.05, 3.63) is 77.9 Å². The zero-order valence-electron chi connectivity index (χ0n) is 20.6. The molecule has 3 aromatic rings. The van der Waals surface area contributed by atoms with Crippen LogP contribution in [0.2, 0.25) is 0 Å². The monoisotopic (exact) mass is 474 g/mol. The summed E-state index contributed by atoms with van der Waals surface area (Å²) in [6, 6.07) is 19.5. The molecule has 0 aromatic heterocycles. The molecule has 7 heteroatoms. The molecule has 1 aliphatic rings. The number of allylic oxidation sites excluding steroid dienone is 1. The molecule has 0 bridgehead atoms. The van der Waals surface area contributed by atoms with Crippen LogP contribution in [-0.4, -0.2) is 41.3 Å². The van der Waals surface area contributed by atoms with Gasteiger partial charge in [0.15, 0.2) is 0 Å². The summed E-state index contributed by atoms with van der Waals surface area (Å²) in [5.74, 6) is 3.74. The van der Waals surface area contributed by atoms with Gasteiger partial charge in [-0.25, -0.2) is 0 Å². The molecular formula is C28H30N2O5. The number of anilines is 1. The fourth-order valence-electron chi connectivity index (χ4n) is 4.01. The van der Waals surface area contributed by atoms with Gasteiger partial charge in [0.05, 0.1) is 53.0 Å². The fraction of sp³-hybridized carbons (Fsp3) is 0.250. The fourth-order valence-corrected chi connectivity index (χ4v) is 4.01. The van der Waals surface area contributed by atoms with Gasteiger partial charge in [-0.3, -0.25) is 5.01 Å². The van der Waals surface area contributed by atoms with Gasteiger partial charge in [-0.05, 0) is 65.7 Å². The van der Waals surface area contributed by atoms with Gasteiger partial charge in [-0.15, -0.1) is 0 Å². The summed E-state index contributed by atoms with van der Waals surface area (Å²) in [5.41, 5.74) is 3.91. The Morgan fingerprint density at radius 3 is 1.69 bits per heavy atom. The Balaban J connectivity index is 1.69. The third kappa shape index (κ3) is 5.51. The molecule has 0 N–H and O–H groups in total. The van der Waals surface area contributed by atoms with Gasteiger partial charge in [-0.2, -0.15) is 5.10 Å². The van der Waals surface area contributed by atoms with Crippen LogP contribution in [0.5, 0.6) is 28.7 Å². The molecule has 182 valence electrons. The lowest BCUT2D eigenvalue weighted by molar-refractivity contribution is 0.392. The number of hydrogen-bond acceptors (Lipinski definition) is 7. The number of methoxy groups -OCH3 is 5. The van der Waals surface area contributed by atoms with E-state index in [2.05, 4.69) is 0 Å². The van der Waals surface area contributed by atoms with E-state index in [4.69, 9.17) is 28.8 Å². The summed E-state index contributed by atoms with van der Waals surface area (Å²) < 4.78 is 27.1. The third-order valence-electron chi connectivity index (χ3n) is 5.87. The van der Waals surface area contributed by atoms with E-state index in [1.54, 1.807) is 35.5 Å². The van der Waals surface area contributed by atoms with Crippen molar-refractivity contribution in [3.8, 4) is 28.7 Å². The first kappa shape index (κ1) is 24.0. The zero-order valence-corrected chi connectivity index (χ0v) is 20.6. The summed E-state index contributed by atoms with van der Waals surface area (Å²) >= 11 is 0. The Kier molecular flexibility index (Phi) is 7.45. The van der Waals surface area contributed by atoms with Crippen LogP contribution in [0.3, 0.4) is 0 Å². The SMILES string of the molecule is COc1ccc(N2N=C(C=Cc3cc(OC)cc(OC)c3)CC2c2cc(OC)cc(OC)c2)cc1. The Labute approximate surface area is 206 Å². The lowest BCUT2D eigenvalue weighted by Gasteiger charge is -2.25. The van der Waals surface area contributed by atoms with Crippen LogP contribution in [0.1, 0.15) is 23.6 Å². The minimum Gasteiger partial charge on any atom is -0.497 e. The molecule has 0 aliphatic carbocycles. The highest BCUT2D eigenvalue weighted by molar-refractivity contribution is 6.01. The van der Waals surface area contributed by atoms with Crippen molar-refractivity contribution < 1.29 is 23.7 Å². The van der Waals surface area contributed by atoms with Crippen LogP contribution in [0.15, 0.2) is 71.8 Å². The molecule has 1 atom stereocenters. The van der Waals surface area contributed by atoms with Crippen molar-refractivity contribution in [3.63, 3.8) is 0 Å². The lowest BCUT2D eigenvalue weighted by Crippen LogP contribution is -2.18. The maximum atomic E-state index is 5.51. The minimum absolute atomic E-state index is 0.0353. The first-order valence-corrected chi connectivity index (χ1v) is 11.2. The topological polar surface area (TPSA) is 61.8 Å². The highest BCUT2D eigenvalue weighted by Gasteiger charge is 2.29. The lowest BCUT2D eigenvalue weighted by atomic mass is 10.00. The van der Waals surface area contributed by atoms with Crippen molar-refractivity contribution >= 4 is 17.5 Å². The largest absolute Gasteiger partial charge is 0.497 e. The van der Waals surface area contributed by atoms with Gasteiger partial charge in [0.2, 0.25) is 0 Å². The van der Waals surface area contributed by atoms with E-state index in [-0.39, 0.29) is 6.04 Å². The molecule has 1 heterocycles. The van der Waals surface area contributed by atoms with Gasteiger partial charge in [0.25, 0.3) is 0 Å².